The van der Waals surface area contributed by atoms with Gasteiger partial charge < -0.3 is 15.4 Å². The van der Waals surface area contributed by atoms with Crippen molar-refractivity contribution in [1.29, 1.82) is 0 Å². The van der Waals surface area contributed by atoms with Gasteiger partial charge in [0.1, 0.15) is 0 Å². The summed E-state index contributed by atoms with van der Waals surface area (Å²) in [5, 5.41) is 6.79. The summed E-state index contributed by atoms with van der Waals surface area (Å²) in [6.45, 7) is 5.73. The van der Waals surface area contributed by atoms with Crippen molar-refractivity contribution in [2.45, 2.75) is 64.7 Å². The van der Waals surface area contributed by atoms with E-state index in [4.69, 9.17) is 4.74 Å². The molecule has 1 rings (SSSR count). The number of nitrogens with zero attached hydrogens (tertiary/aromatic N) is 1. The highest BCUT2D eigenvalue weighted by molar-refractivity contribution is 14.0. The van der Waals surface area contributed by atoms with Gasteiger partial charge in [-0.2, -0.15) is 0 Å². The van der Waals surface area contributed by atoms with Gasteiger partial charge in [0, 0.05) is 33.4 Å². The fourth-order valence-electron chi connectivity index (χ4n) is 2.97. The molecule has 0 unspecified atom stereocenters. The first-order valence-electron chi connectivity index (χ1n) is 8.89. The summed E-state index contributed by atoms with van der Waals surface area (Å²) in [4.78, 5) is 4.27. The zero-order valence-corrected chi connectivity index (χ0v) is 16.9. The van der Waals surface area contributed by atoms with Crippen LogP contribution in [0.25, 0.3) is 0 Å². The Hall–Kier alpha value is -0.0400. The minimum atomic E-state index is 0. The Balaban J connectivity index is 0.00000441. The van der Waals surface area contributed by atoms with E-state index in [-0.39, 0.29) is 24.0 Å². The molecule has 0 bridgehead atoms. The molecule has 0 spiro atoms. The SMILES string of the molecule is CCOCCCCNC(=NC)NCCCC1CCCCC1.I. The first kappa shape index (κ1) is 22.0. The molecule has 0 radical (unpaired) electrons. The van der Waals surface area contributed by atoms with Crippen LogP contribution in [-0.4, -0.2) is 39.3 Å². The highest BCUT2D eigenvalue weighted by atomic mass is 127. The topological polar surface area (TPSA) is 45.6 Å². The molecule has 2 N–H and O–H groups in total. The second-order valence-corrected chi connectivity index (χ2v) is 5.98. The summed E-state index contributed by atoms with van der Waals surface area (Å²) in [5.74, 6) is 1.92. The molecule has 0 saturated heterocycles. The molecule has 0 atom stereocenters. The Morgan fingerprint density at radius 2 is 1.73 bits per heavy atom. The summed E-state index contributed by atoms with van der Waals surface area (Å²) in [6, 6.07) is 0. The normalized spacial score (nSPS) is 16.2. The van der Waals surface area contributed by atoms with Crippen LogP contribution in [0.4, 0.5) is 0 Å². The van der Waals surface area contributed by atoms with Crippen molar-refractivity contribution in [1.82, 2.24) is 10.6 Å². The molecule has 0 aliphatic heterocycles. The fraction of sp³-hybridized carbons (Fsp3) is 0.941. The molecule has 0 aromatic rings. The number of guanidine groups is 1. The summed E-state index contributed by atoms with van der Waals surface area (Å²) in [7, 11) is 1.84. The van der Waals surface area contributed by atoms with Crippen molar-refractivity contribution in [3.05, 3.63) is 0 Å². The van der Waals surface area contributed by atoms with Crippen molar-refractivity contribution < 1.29 is 4.74 Å². The van der Waals surface area contributed by atoms with E-state index < -0.39 is 0 Å². The van der Waals surface area contributed by atoms with Crippen LogP contribution in [0.2, 0.25) is 0 Å². The van der Waals surface area contributed by atoms with Gasteiger partial charge in [0.2, 0.25) is 0 Å². The van der Waals surface area contributed by atoms with Crippen molar-refractivity contribution >= 4 is 29.9 Å². The fourth-order valence-corrected chi connectivity index (χ4v) is 2.97. The molecule has 0 heterocycles. The van der Waals surface area contributed by atoms with Crippen LogP contribution in [0, 0.1) is 5.92 Å². The number of ether oxygens (including phenoxy) is 1. The van der Waals surface area contributed by atoms with E-state index in [2.05, 4.69) is 15.6 Å². The summed E-state index contributed by atoms with van der Waals surface area (Å²) >= 11 is 0. The Kier molecular flexibility index (Phi) is 15.8. The number of aliphatic imine (C=N–C) groups is 1. The van der Waals surface area contributed by atoms with E-state index in [0.29, 0.717) is 0 Å². The molecule has 4 nitrogen and oxygen atoms in total. The molecule has 5 heteroatoms. The number of nitrogens with one attached hydrogen (secondary N) is 2. The van der Waals surface area contributed by atoms with E-state index in [1.165, 1.54) is 44.9 Å². The summed E-state index contributed by atoms with van der Waals surface area (Å²) in [5.41, 5.74) is 0. The van der Waals surface area contributed by atoms with Crippen LogP contribution in [-0.2, 0) is 4.74 Å². The van der Waals surface area contributed by atoms with Gasteiger partial charge in [-0.3, -0.25) is 4.99 Å². The van der Waals surface area contributed by atoms with Crippen LogP contribution in [0.1, 0.15) is 64.7 Å². The Morgan fingerprint density at radius 3 is 2.36 bits per heavy atom. The first-order chi connectivity index (χ1) is 10.4. The molecule has 1 fully saturated rings. The zero-order valence-electron chi connectivity index (χ0n) is 14.5. The van der Waals surface area contributed by atoms with Gasteiger partial charge in [0.05, 0.1) is 0 Å². The highest BCUT2D eigenvalue weighted by Gasteiger charge is 2.12. The smallest absolute Gasteiger partial charge is 0.190 e. The molecule has 1 aliphatic rings. The minimum Gasteiger partial charge on any atom is -0.382 e. The van der Waals surface area contributed by atoms with Gasteiger partial charge in [-0.15, -0.1) is 24.0 Å². The predicted octanol–water partition coefficient (Wildman–Crippen LogP) is 3.95. The van der Waals surface area contributed by atoms with Crippen molar-refractivity contribution in [2.75, 3.05) is 33.4 Å². The van der Waals surface area contributed by atoms with Gasteiger partial charge in [0.15, 0.2) is 5.96 Å². The third-order valence-electron chi connectivity index (χ3n) is 4.24. The molecule has 0 aromatic heterocycles. The maximum atomic E-state index is 5.33. The minimum absolute atomic E-state index is 0. The average Bonchev–Trinajstić information content (AvgIpc) is 2.53. The largest absolute Gasteiger partial charge is 0.382 e. The molecule has 1 saturated carbocycles. The Bertz CT molecular complexity index is 269. The number of rotatable bonds is 10. The van der Waals surface area contributed by atoms with Crippen LogP contribution in [0.5, 0.6) is 0 Å². The predicted molar refractivity (Wildman–Crippen MR) is 106 cm³/mol. The molecule has 0 aromatic carbocycles. The summed E-state index contributed by atoms with van der Waals surface area (Å²) < 4.78 is 5.33. The van der Waals surface area contributed by atoms with Crippen LogP contribution < -0.4 is 10.6 Å². The standard InChI is InChI=1S/C17H35N3O.HI/c1-3-21-15-8-7-13-19-17(18-2)20-14-9-12-16-10-5-4-6-11-16;/h16H,3-15H2,1-2H3,(H2,18,19,20);1H. The second kappa shape index (κ2) is 15.8. The lowest BCUT2D eigenvalue weighted by Crippen LogP contribution is -2.38. The maximum absolute atomic E-state index is 5.33. The maximum Gasteiger partial charge on any atom is 0.190 e. The Morgan fingerprint density at radius 1 is 1.05 bits per heavy atom. The first-order valence-corrected chi connectivity index (χ1v) is 8.89. The molecular formula is C17H36IN3O. The lowest BCUT2D eigenvalue weighted by atomic mass is 9.86. The van der Waals surface area contributed by atoms with Gasteiger partial charge in [-0.25, -0.2) is 0 Å². The van der Waals surface area contributed by atoms with E-state index in [0.717, 1.165) is 51.0 Å². The zero-order chi connectivity index (χ0) is 15.2. The lowest BCUT2D eigenvalue weighted by molar-refractivity contribution is 0.143. The van der Waals surface area contributed by atoms with E-state index in [1.807, 2.05) is 14.0 Å². The highest BCUT2D eigenvalue weighted by Crippen LogP contribution is 2.26. The van der Waals surface area contributed by atoms with Crippen molar-refractivity contribution in [3.63, 3.8) is 0 Å². The third kappa shape index (κ3) is 11.5. The summed E-state index contributed by atoms with van der Waals surface area (Å²) in [6.07, 6.45) is 12.1. The molecular weight excluding hydrogens is 389 g/mol. The van der Waals surface area contributed by atoms with Crippen molar-refractivity contribution in [2.24, 2.45) is 10.9 Å². The second-order valence-electron chi connectivity index (χ2n) is 5.98. The lowest BCUT2D eigenvalue weighted by Gasteiger charge is -2.21. The van der Waals surface area contributed by atoms with E-state index >= 15 is 0 Å². The molecule has 1 aliphatic carbocycles. The number of hydrogen-bond acceptors (Lipinski definition) is 2. The number of unbranched alkanes of at least 4 members (excludes halogenated alkanes) is 1. The van der Waals surface area contributed by atoms with E-state index in [9.17, 15) is 0 Å². The third-order valence-corrected chi connectivity index (χ3v) is 4.24. The van der Waals surface area contributed by atoms with Gasteiger partial charge >= 0.3 is 0 Å². The quantitative estimate of drug-likeness (QED) is 0.241. The van der Waals surface area contributed by atoms with Crippen molar-refractivity contribution in [3.8, 4) is 0 Å². The van der Waals surface area contributed by atoms with E-state index in [1.54, 1.807) is 0 Å². The monoisotopic (exact) mass is 425 g/mol. The molecule has 132 valence electrons. The molecule has 0 amide bonds. The average molecular weight is 425 g/mol. The number of hydrogen-bond donors (Lipinski definition) is 2. The van der Waals surface area contributed by atoms with Gasteiger partial charge in [-0.1, -0.05) is 32.1 Å². The van der Waals surface area contributed by atoms with Crippen LogP contribution in [0.3, 0.4) is 0 Å². The molecule has 22 heavy (non-hydrogen) atoms. The van der Waals surface area contributed by atoms with Crippen LogP contribution in [0.15, 0.2) is 4.99 Å². The van der Waals surface area contributed by atoms with Crippen LogP contribution >= 0.6 is 24.0 Å². The van der Waals surface area contributed by atoms with Gasteiger partial charge in [-0.05, 0) is 38.5 Å². The Labute approximate surface area is 154 Å². The van der Waals surface area contributed by atoms with Gasteiger partial charge in [0.25, 0.3) is 0 Å². The number of halogens is 1.